The number of hydrogen-bond donors (Lipinski definition) is 1. The first kappa shape index (κ1) is 18.4. The lowest BCUT2D eigenvalue weighted by Crippen LogP contribution is -2.51. The summed E-state index contributed by atoms with van der Waals surface area (Å²) in [6, 6.07) is 4.33. The van der Waals surface area contributed by atoms with Gasteiger partial charge in [-0.15, -0.1) is 0 Å². The molecule has 0 bridgehead atoms. The maximum atomic E-state index is 12.8. The number of methoxy groups -OCH3 is 1. The third kappa shape index (κ3) is 3.92. The van der Waals surface area contributed by atoms with Crippen molar-refractivity contribution in [1.82, 2.24) is 9.21 Å². The molecule has 0 radical (unpaired) electrons. The Bertz CT molecular complexity index is 739. The Morgan fingerprint density at radius 2 is 1.79 bits per heavy atom. The van der Waals surface area contributed by atoms with Gasteiger partial charge in [0, 0.05) is 38.9 Å². The predicted molar refractivity (Wildman–Crippen MR) is 86.9 cm³/mol. The summed E-state index contributed by atoms with van der Waals surface area (Å²) in [7, 11) is -2.31. The van der Waals surface area contributed by atoms with E-state index in [2.05, 4.69) is 0 Å². The Hall–Kier alpha value is -1.97. The van der Waals surface area contributed by atoms with Crippen LogP contribution in [0.5, 0.6) is 0 Å². The van der Waals surface area contributed by atoms with Gasteiger partial charge in [-0.3, -0.25) is 9.59 Å². The second-order valence-electron chi connectivity index (χ2n) is 5.62. The van der Waals surface area contributed by atoms with Crippen LogP contribution in [-0.4, -0.2) is 69.3 Å². The Labute approximate surface area is 141 Å². The third-order valence-electron chi connectivity index (χ3n) is 3.83. The predicted octanol–water partition coefficient (Wildman–Crippen LogP) is -0.427. The molecule has 1 aliphatic rings. The quantitative estimate of drug-likeness (QED) is 0.771. The van der Waals surface area contributed by atoms with Crippen LogP contribution in [0.2, 0.25) is 0 Å². The first-order valence-corrected chi connectivity index (χ1v) is 8.88. The van der Waals surface area contributed by atoms with E-state index in [1.807, 2.05) is 0 Å². The van der Waals surface area contributed by atoms with Crippen LogP contribution in [0.1, 0.15) is 15.9 Å². The van der Waals surface area contributed by atoms with Crippen molar-refractivity contribution in [3.05, 3.63) is 29.3 Å². The van der Waals surface area contributed by atoms with Gasteiger partial charge in [0.15, 0.2) is 0 Å². The number of nitrogens with zero attached hydrogens (tertiary/aromatic N) is 2. The molecule has 1 saturated heterocycles. The normalized spacial score (nSPS) is 16.2. The van der Waals surface area contributed by atoms with Crippen LogP contribution in [0.4, 0.5) is 0 Å². The zero-order valence-electron chi connectivity index (χ0n) is 13.7. The monoisotopic (exact) mass is 355 g/mol. The molecule has 0 aromatic heterocycles. The number of aryl methyl sites for hydroxylation is 1. The highest BCUT2D eigenvalue weighted by atomic mass is 32.2. The second-order valence-corrected chi connectivity index (χ2v) is 7.55. The number of benzene rings is 1. The molecule has 1 aliphatic heterocycles. The molecule has 2 rings (SSSR count). The number of amides is 2. The smallest absolute Gasteiger partial charge is 0.248 e. The first-order valence-electron chi connectivity index (χ1n) is 7.44. The Morgan fingerprint density at radius 1 is 1.17 bits per heavy atom. The number of sulfonamides is 1. The molecule has 0 spiro atoms. The van der Waals surface area contributed by atoms with E-state index < -0.39 is 15.9 Å². The van der Waals surface area contributed by atoms with Gasteiger partial charge >= 0.3 is 0 Å². The lowest BCUT2D eigenvalue weighted by Gasteiger charge is -2.34. The van der Waals surface area contributed by atoms with Gasteiger partial charge in [0.25, 0.3) is 0 Å². The number of carbonyl (C=O) groups is 2. The molecule has 2 amide bonds. The van der Waals surface area contributed by atoms with Crippen molar-refractivity contribution < 1.29 is 22.7 Å². The molecule has 0 unspecified atom stereocenters. The standard InChI is InChI=1S/C15H21N3O5S/c1-11-7-12(15(16)20)9-13(8-11)24(21,22)18-5-3-17(4-6-18)14(19)10-23-2/h7-9H,3-6,10H2,1-2H3,(H2,16,20). The Balaban J connectivity index is 2.18. The van der Waals surface area contributed by atoms with Crippen molar-refractivity contribution in [2.75, 3.05) is 39.9 Å². The molecular weight excluding hydrogens is 334 g/mol. The van der Waals surface area contributed by atoms with Gasteiger partial charge in [-0.25, -0.2) is 8.42 Å². The minimum Gasteiger partial charge on any atom is -0.375 e. The zero-order valence-corrected chi connectivity index (χ0v) is 14.5. The van der Waals surface area contributed by atoms with Gasteiger partial charge in [-0.2, -0.15) is 4.31 Å². The van der Waals surface area contributed by atoms with Gasteiger partial charge in [0.05, 0.1) is 4.90 Å². The molecule has 8 nitrogen and oxygen atoms in total. The number of rotatable bonds is 5. The number of carbonyl (C=O) groups excluding carboxylic acids is 2. The average Bonchev–Trinajstić information content (AvgIpc) is 2.54. The van der Waals surface area contributed by atoms with E-state index in [1.165, 1.54) is 23.5 Å². The SMILES string of the molecule is COCC(=O)N1CCN(S(=O)(=O)c2cc(C)cc(C(N)=O)c2)CC1. The van der Waals surface area contributed by atoms with Crippen molar-refractivity contribution in [2.24, 2.45) is 5.73 Å². The third-order valence-corrected chi connectivity index (χ3v) is 5.71. The minimum absolute atomic E-state index is 0.0212. The minimum atomic E-state index is -3.75. The molecule has 132 valence electrons. The lowest BCUT2D eigenvalue weighted by atomic mass is 10.1. The van der Waals surface area contributed by atoms with Gasteiger partial charge < -0.3 is 15.4 Å². The van der Waals surface area contributed by atoms with E-state index in [0.29, 0.717) is 18.7 Å². The number of hydrogen-bond acceptors (Lipinski definition) is 5. The van der Waals surface area contributed by atoms with E-state index in [0.717, 1.165) is 0 Å². The fraction of sp³-hybridized carbons (Fsp3) is 0.467. The molecular formula is C15H21N3O5S. The molecule has 0 saturated carbocycles. The number of nitrogens with two attached hydrogens (primary N) is 1. The van der Waals surface area contributed by atoms with Crippen LogP contribution < -0.4 is 5.73 Å². The molecule has 1 fully saturated rings. The maximum Gasteiger partial charge on any atom is 0.248 e. The topological polar surface area (TPSA) is 110 Å². The zero-order chi connectivity index (χ0) is 17.9. The first-order chi connectivity index (χ1) is 11.3. The summed E-state index contributed by atoms with van der Waals surface area (Å²) in [6.45, 7) is 2.67. The van der Waals surface area contributed by atoms with Crippen LogP contribution in [0.25, 0.3) is 0 Å². The van der Waals surface area contributed by atoms with Crippen LogP contribution in [-0.2, 0) is 19.6 Å². The molecule has 1 aromatic rings. The molecule has 2 N–H and O–H groups in total. The van der Waals surface area contributed by atoms with Crippen molar-refractivity contribution in [1.29, 1.82) is 0 Å². The van der Waals surface area contributed by atoms with E-state index >= 15 is 0 Å². The van der Waals surface area contributed by atoms with Gasteiger partial charge in [0.1, 0.15) is 6.61 Å². The maximum absolute atomic E-state index is 12.8. The summed E-state index contributed by atoms with van der Waals surface area (Å²) in [5.41, 5.74) is 6.04. The van der Waals surface area contributed by atoms with Crippen LogP contribution >= 0.6 is 0 Å². The number of primary amides is 1. The molecule has 1 heterocycles. The van der Waals surface area contributed by atoms with Crippen molar-refractivity contribution in [3.8, 4) is 0 Å². The molecule has 9 heteroatoms. The Morgan fingerprint density at radius 3 is 2.33 bits per heavy atom. The molecule has 0 aliphatic carbocycles. The summed E-state index contributed by atoms with van der Waals surface area (Å²) in [5, 5.41) is 0. The lowest BCUT2D eigenvalue weighted by molar-refractivity contribution is -0.136. The number of piperazine rings is 1. The van der Waals surface area contributed by atoms with E-state index in [4.69, 9.17) is 10.5 Å². The number of ether oxygens (including phenoxy) is 1. The summed E-state index contributed by atoms with van der Waals surface area (Å²) in [5.74, 6) is -0.841. The van der Waals surface area contributed by atoms with Crippen LogP contribution in [0.15, 0.2) is 23.1 Å². The van der Waals surface area contributed by atoms with Gasteiger partial charge in [0.2, 0.25) is 21.8 Å². The second kappa shape index (κ2) is 7.29. The van der Waals surface area contributed by atoms with Gasteiger partial charge in [-0.05, 0) is 30.7 Å². The van der Waals surface area contributed by atoms with E-state index in [-0.39, 0.29) is 36.1 Å². The van der Waals surface area contributed by atoms with E-state index in [9.17, 15) is 18.0 Å². The van der Waals surface area contributed by atoms with Crippen molar-refractivity contribution >= 4 is 21.8 Å². The summed E-state index contributed by atoms with van der Waals surface area (Å²) in [6.07, 6.45) is 0. The van der Waals surface area contributed by atoms with Crippen molar-refractivity contribution in [3.63, 3.8) is 0 Å². The van der Waals surface area contributed by atoms with Gasteiger partial charge in [-0.1, -0.05) is 0 Å². The largest absolute Gasteiger partial charge is 0.375 e. The summed E-state index contributed by atoms with van der Waals surface area (Å²) in [4.78, 5) is 24.7. The van der Waals surface area contributed by atoms with Crippen LogP contribution in [0, 0.1) is 6.92 Å². The average molecular weight is 355 g/mol. The highest BCUT2D eigenvalue weighted by molar-refractivity contribution is 7.89. The van der Waals surface area contributed by atoms with Crippen LogP contribution in [0.3, 0.4) is 0 Å². The Kier molecular flexibility index (Phi) is 5.58. The van der Waals surface area contributed by atoms with E-state index in [1.54, 1.807) is 17.9 Å². The molecule has 0 atom stereocenters. The highest BCUT2D eigenvalue weighted by Crippen LogP contribution is 2.20. The van der Waals surface area contributed by atoms with Crippen molar-refractivity contribution in [2.45, 2.75) is 11.8 Å². The molecule has 24 heavy (non-hydrogen) atoms. The summed E-state index contributed by atoms with van der Waals surface area (Å²) >= 11 is 0. The fourth-order valence-corrected chi connectivity index (χ4v) is 4.13. The fourth-order valence-electron chi connectivity index (χ4n) is 2.58. The molecule has 1 aromatic carbocycles. The summed E-state index contributed by atoms with van der Waals surface area (Å²) < 4.78 is 31.6. The highest BCUT2D eigenvalue weighted by Gasteiger charge is 2.30.